The summed E-state index contributed by atoms with van der Waals surface area (Å²) in [6.07, 6.45) is 0.0805. The van der Waals surface area contributed by atoms with Gasteiger partial charge >= 0.3 is 24.1 Å². The summed E-state index contributed by atoms with van der Waals surface area (Å²) in [7, 11) is -3.79. The molecule has 4 unspecified atom stereocenters. The van der Waals surface area contributed by atoms with Crippen LogP contribution in [-0.2, 0) is 58.4 Å². The lowest BCUT2D eigenvalue weighted by Crippen LogP contribution is -2.55. The molecular weight excluding hydrogens is 807 g/mol. The normalized spacial score (nSPS) is 25.5. The lowest BCUT2D eigenvalue weighted by Gasteiger charge is -2.35. The third-order valence-corrected chi connectivity index (χ3v) is 10.8. The van der Waals surface area contributed by atoms with E-state index in [0.29, 0.717) is 31.7 Å². The molecule has 340 valence electrons. The van der Waals surface area contributed by atoms with E-state index in [-0.39, 0.29) is 13.0 Å². The van der Waals surface area contributed by atoms with Gasteiger partial charge in [-0.1, -0.05) is 60.7 Å². The third-order valence-electron chi connectivity index (χ3n) is 10.2. The van der Waals surface area contributed by atoms with Crippen molar-refractivity contribution >= 4 is 34.2 Å². The Balaban J connectivity index is 0.000000269. The van der Waals surface area contributed by atoms with E-state index < -0.39 is 78.6 Å². The largest absolute Gasteiger partial charge is 0.458 e. The van der Waals surface area contributed by atoms with Crippen molar-refractivity contribution in [1.82, 2.24) is 15.5 Å². The molecule has 4 atom stereocenters. The van der Waals surface area contributed by atoms with Crippen molar-refractivity contribution in [2.45, 2.75) is 140 Å². The summed E-state index contributed by atoms with van der Waals surface area (Å²) in [6, 6.07) is 18.8. The maximum absolute atomic E-state index is 13.5. The lowest BCUT2D eigenvalue weighted by molar-refractivity contribution is -0.160. The van der Waals surface area contributed by atoms with Crippen LogP contribution < -0.4 is 10.6 Å². The van der Waals surface area contributed by atoms with Crippen LogP contribution in [0, 0.1) is 0 Å². The average Bonchev–Trinajstić information content (AvgIpc) is 3.97. The minimum Gasteiger partial charge on any atom is -0.458 e. The summed E-state index contributed by atoms with van der Waals surface area (Å²) in [6.45, 7) is 24.3. The third kappa shape index (κ3) is 12.9. The number of amides is 2. The summed E-state index contributed by atoms with van der Waals surface area (Å²) in [5, 5.41) is 5.59. The molecule has 2 N–H and O–H groups in total. The smallest absolute Gasteiger partial charge is 0.408 e. The second kappa shape index (κ2) is 17.9. The van der Waals surface area contributed by atoms with Crippen LogP contribution in [0.5, 0.6) is 0 Å². The molecule has 2 amide bonds. The van der Waals surface area contributed by atoms with Gasteiger partial charge in [0.2, 0.25) is 0 Å². The van der Waals surface area contributed by atoms with Crippen molar-refractivity contribution < 1.29 is 55.5 Å². The molecule has 1 aliphatic heterocycles. The lowest BCUT2D eigenvalue weighted by atomic mass is 9.89. The van der Waals surface area contributed by atoms with E-state index in [1.54, 1.807) is 92.6 Å². The Bertz CT molecular complexity index is 1980. The second-order valence-corrected chi connectivity index (χ2v) is 21.8. The maximum Gasteiger partial charge on any atom is 0.408 e. The van der Waals surface area contributed by atoms with Gasteiger partial charge in [-0.2, -0.15) is 8.42 Å². The number of ether oxygens (including phenoxy) is 5. The average molecular weight is 874 g/mol. The molecule has 0 radical (unpaired) electrons. The van der Waals surface area contributed by atoms with Gasteiger partial charge in [-0.25, -0.2) is 19.2 Å². The van der Waals surface area contributed by atoms with Gasteiger partial charge in [-0.05, 0) is 107 Å². The molecule has 1 heterocycles. The van der Waals surface area contributed by atoms with Gasteiger partial charge in [0.1, 0.15) is 22.4 Å². The number of hydrogen-bond acceptors (Lipinski definition) is 13. The van der Waals surface area contributed by atoms with Crippen LogP contribution in [-0.4, -0.2) is 117 Å². The first kappa shape index (κ1) is 49.4. The van der Waals surface area contributed by atoms with E-state index in [0.717, 1.165) is 24.9 Å². The number of nitrogens with one attached hydrogen (secondary N) is 2. The molecule has 16 heteroatoms. The first-order valence-corrected chi connectivity index (χ1v) is 22.4. The van der Waals surface area contributed by atoms with Crippen molar-refractivity contribution in [3.63, 3.8) is 0 Å². The minimum atomic E-state index is -3.79. The molecule has 1 saturated heterocycles. The van der Waals surface area contributed by atoms with Gasteiger partial charge in [-0.15, -0.1) is 0 Å². The SMILES string of the molecule is CC(C)(C)OC(=O)NC1(C(=O)OC(C)(C)C)CC1(CN1CCOCC1)c1ccccc1.CC(C)(C)OC(=O)NC1(C(=O)OC(C)(C)C)CC1(COS(C)(=O)=O)c1ccccc1. The molecule has 5 rings (SSSR count). The molecule has 3 fully saturated rings. The topological polar surface area (TPSA) is 185 Å². The summed E-state index contributed by atoms with van der Waals surface area (Å²) < 4.78 is 56.3. The van der Waals surface area contributed by atoms with Crippen LogP contribution in [0.2, 0.25) is 0 Å². The molecule has 61 heavy (non-hydrogen) atoms. The van der Waals surface area contributed by atoms with E-state index in [1.807, 2.05) is 51.1 Å². The van der Waals surface area contributed by atoms with Gasteiger partial charge in [0, 0.05) is 25.0 Å². The Kier molecular flexibility index (Phi) is 14.5. The Morgan fingerprint density at radius 1 is 0.607 bits per heavy atom. The summed E-state index contributed by atoms with van der Waals surface area (Å²) in [5.74, 6) is -1.11. The number of morpholine rings is 1. The number of nitrogens with zero attached hydrogens (tertiary/aromatic N) is 1. The van der Waals surface area contributed by atoms with E-state index >= 15 is 0 Å². The molecule has 2 aromatic rings. The molecule has 2 saturated carbocycles. The number of esters is 2. The Labute approximate surface area is 362 Å². The molecule has 0 bridgehead atoms. The maximum atomic E-state index is 13.5. The van der Waals surface area contributed by atoms with E-state index in [2.05, 4.69) is 15.5 Å². The zero-order valence-electron chi connectivity index (χ0n) is 38.2. The Morgan fingerprint density at radius 2 is 0.967 bits per heavy atom. The number of benzene rings is 2. The summed E-state index contributed by atoms with van der Waals surface area (Å²) >= 11 is 0. The van der Waals surface area contributed by atoms with Crippen molar-refractivity contribution in [1.29, 1.82) is 0 Å². The van der Waals surface area contributed by atoms with Crippen LogP contribution in [0.3, 0.4) is 0 Å². The van der Waals surface area contributed by atoms with Gasteiger partial charge in [0.25, 0.3) is 10.1 Å². The molecule has 15 nitrogen and oxygen atoms in total. The van der Waals surface area contributed by atoms with E-state index in [1.165, 1.54) is 0 Å². The molecular formula is C45H67N3O12S. The van der Waals surface area contributed by atoms with Crippen LogP contribution in [0.15, 0.2) is 60.7 Å². The number of rotatable bonds is 11. The quantitative estimate of drug-likeness (QED) is 0.149. The van der Waals surface area contributed by atoms with E-state index in [4.69, 9.17) is 27.9 Å². The molecule has 2 aromatic carbocycles. The predicted molar refractivity (Wildman–Crippen MR) is 229 cm³/mol. The Hall–Kier alpha value is -4.25. The highest BCUT2D eigenvalue weighted by atomic mass is 32.2. The van der Waals surface area contributed by atoms with Crippen molar-refractivity contribution in [3.05, 3.63) is 71.8 Å². The van der Waals surface area contributed by atoms with Crippen LogP contribution in [0.25, 0.3) is 0 Å². The number of carbonyl (C=O) groups excluding carboxylic acids is 4. The van der Waals surface area contributed by atoms with Crippen molar-refractivity contribution in [2.24, 2.45) is 0 Å². The van der Waals surface area contributed by atoms with Gasteiger partial charge < -0.3 is 34.3 Å². The molecule has 3 aliphatic rings. The highest BCUT2D eigenvalue weighted by Gasteiger charge is 2.77. The first-order valence-electron chi connectivity index (χ1n) is 20.6. The molecule has 0 spiro atoms. The van der Waals surface area contributed by atoms with Gasteiger partial charge in [0.05, 0.1) is 31.5 Å². The van der Waals surface area contributed by atoms with Crippen molar-refractivity contribution in [2.75, 3.05) is 45.7 Å². The fraction of sp³-hybridized carbons (Fsp3) is 0.644. The molecule has 2 aliphatic carbocycles. The monoisotopic (exact) mass is 873 g/mol. The fourth-order valence-corrected chi connectivity index (χ4v) is 7.98. The standard InChI is InChI=1S/C24H36N2O5.C21H31NO7S/c1-21(2,3)30-19(27)24(25-20(28)31-22(4,5)6)16-23(24,18-10-8-7-9-11-18)17-26-12-14-29-15-13-26;1-18(2,3)28-16(23)21(22-17(24)29-19(4,5)6)13-20(21,14-27-30(7,25)26)15-11-9-8-10-12-15/h7-11H,12-17H2,1-6H3,(H,25,28);8-12H,13-14H2,1-7H3,(H,22,24). The zero-order chi connectivity index (χ0) is 45.9. The zero-order valence-corrected chi connectivity index (χ0v) is 39.0. The number of hydrogen-bond donors (Lipinski definition) is 2. The Morgan fingerprint density at radius 3 is 1.34 bits per heavy atom. The number of carbonyl (C=O) groups is 4. The van der Waals surface area contributed by atoms with Gasteiger partial charge in [-0.3, -0.25) is 9.08 Å². The first-order chi connectivity index (χ1) is 27.9. The van der Waals surface area contributed by atoms with Crippen LogP contribution in [0.1, 0.15) is 107 Å². The summed E-state index contributed by atoms with van der Waals surface area (Å²) in [5.41, 5.74) is -5.76. The van der Waals surface area contributed by atoms with Crippen LogP contribution >= 0.6 is 0 Å². The molecule has 0 aromatic heterocycles. The second-order valence-electron chi connectivity index (χ2n) is 20.2. The summed E-state index contributed by atoms with van der Waals surface area (Å²) in [4.78, 5) is 54.5. The predicted octanol–water partition coefficient (Wildman–Crippen LogP) is 6.18. The fourth-order valence-electron chi connectivity index (χ4n) is 7.57. The number of alkyl carbamates (subject to hydrolysis) is 2. The van der Waals surface area contributed by atoms with Gasteiger partial charge in [0.15, 0.2) is 11.1 Å². The minimum absolute atomic E-state index is 0.105. The van der Waals surface area contributed by atoms with Crippen molar-refractivity contribution in [3.8, 4) is 0 Å². The van der Waals surface area contributed by atoms with E-state index in [9.17, 15) is 27.6 Å². The highest BCUT2D eigenvalue weighted by molar-refractivity contribution is 7.86. The highest BCUT2D eigenvalue weighted by Crippen LogP contribution is 2.60. The van der Waals surface area contributed by atoms with Crippen LogP contribution in [0.4, 0.5) is 9.59 Å².